The Labute approximate surface area is 133 Å². The van der Waals surface area contributed by atoms with E-state index in [0.717, 1.165) is 12.3 Å². The number of esters is 1. The van der Waals surface area contributed by atoms with Crippen LogP contribution in [0.2, 0.25) is 0 Å². The number of rotatable bonds is 10. The molecule has 0 aliphatic heterocycles. The first kappa shape index (κ1) is 18.5. The van der Waals surface area contributed by atoms with Gasteiger partial charge in [-0.3, -0.25) is 0 Å². The lowest BCUT2D eigenvalue weighted by atomic mass is 10.2. The van der Waals surface area contributed by atoms with Crippen LogP contribution in [0.1, 0.15) is 12.5 Å². The number of benzene rings is 1. The molecule has 1 aromatic carbocycles. The normalized spacial score (nSPS) is 11.3. The van der Waals surface area contributed by atoms with Crippen LogP contribution in [0.3, 0.4) is 0 Å². The van der Waals surface area contributed by atoms with Gasteiger partial charge < -0.3 is 18.7 Å². The summed E-state index contributed by atoms with van der Waals surface area (Å²) in [5, 5.41) is 0. The Morgan fingerprint density at radius 1 is 1.09 bits per heavy atom. The smallest absolute Gasteiger partial charge is 0.361 e. The minimum Gasteiger partial charge on any atom is -0.491 e. The van der Waals surface area contributed by atoms with E-state index in [0.29, 0.717) is 37.5 Å². The first-order valence-corrected chi connectivity index (χ1v) is 7.68. The third kappa shape index (κ3) is 8.00. The minimum absolute atomic E-state index is 0.171. The molecule has 0 aliphatic carbocycles. The summed E-state index contributed by atoms with van der Waals surface area (Å²) in [6.07, 6.45) is 0. The Balaban J connectivity index is 2.11. The largest absolute Gasteiger partial charge is 0.491 e. The molecule has 1 rings (SSSR count). The molecule has 0 atom stereocenters. The monoisotopic (exact) mass is 310 g/mol. The molecule has 5 nitrogen and oxygen atoms in total. The van der Waals surface area contributed by atoms with Gasteiger partial charge in [0.05, 0.1) is 33.9 Å². The number of hydrogen-bond acceptors (Lipinski definition) is 4. The quantitative estimate of drug-likeness (QED) is 0.377. The minimum atomic E-state index is -0.171. The lowest BCUT2D eigenvalue weighted by molar-refractivity contribution is -0.883. The zero-order valence-electron chi connectivity index (χ0n) is 14.1. The third-order valence-electron chi connectivity index (χ3n) is 3.22. The number of quaternary nitrogens is 1. The molecule has 0 unspecified atom stereocenters. The van der Waals surface area contributed by atoms with E-state index in [1.165, 1.54) is 5.56 Å². The topological polar surface area (TPSA) is 44.8 Å². The molecule has 0 radical (unpaired) electrons. The number of carbonyl (C=O) groups excluding carboxylic acids is 1. The predicted octanol–water partition coefficient (Wildman–Crippen LogP) is 2.03. The molecule has 5 heteroatoms. The van der Waals surface area contributed by atoms with E-state index in [-0.39, 0.29) is 5.97 Å². The number of likely N-dealkylation sites (N-methyl/N-ethyl adjacent to an activating group) is 1. The Morgan fingerprint density at radius 3 is 2.41 bits per heavy atom. The fourth-order valence-corrected chi connectivity index (χ4v) is 1.90. The van der Waals surface area contributed by atoms with Gasteiger partial charge in [0, 0.05) is 0 Å². The maximum absolute atomic E-state index is 11.5. The number of carbonyl (C=O) groups is 1. The van der Waals surface area contributed by atoms with Gasteiger partial charge in [-0.15, -0.1) is 0 Å². The predicted molar refractivity (Wildman–Crippen MR) is 86.0 cm³/mol. The molecular weight excluding hydrogens is 282 g/mol. The maximum atomic E-state index is 11.5. The highest BCUT2D eigenvalue weighted by molar-refractivity contribution is 5.70. The van der Waals surface area contributed by atoms with Gasteiger partial charge in [0.15, 0.2) is 6.54 Å². The summed E-state index contributed by atoms with van der Waals surface area (Å²) < 4.78 is 16.7. The molecule has 0 heterocycles. The molecule has 0 aliphatic rings. The summed E-state index contributed by atoms with van der Waals surface area (Å²) in [7, 11) is 3.98. The fourth-order valence-electron chi connectivity index (χ4n) is 1.90. The van der Waals surface area contributed by atoms with Gasteiger partial charge >= 0.3 is 5.97 Å². The second kappa shape index (κ2) is 9.43. The van der Waals surface area contributed by atoms with Crippen LogP contribution in [-0.2, 0) is 14.3 Å². The Hall–Kier alpha value is -1.59. The Bertz CT molecular complexity index is 442. The first-order chi connectivity index (χ1) is 10.4. The molecule has 0 bridgehead atoms. The van der Waals surface area contributed by atoms with Crippen molar-refractivity contribution in [3.63, 3.8) is 0 Å². The van der Waals surface area contributed by atoms with Gasteiger partial charge in [0.25, 0.3) is 0 Å². The highest BCUT2D eigenvalue weighted by atomic mass is 16.5. The van der Waals surface area contributed by atoms with Crippen LogP contribution in [0.25, 0.3) is 0 Å². The van der Waals surface area contributed by atoms with Crippen molar-refractivity contribution in [2.75, 3.05) is 53.6 Å². The van der Waals surface area contributed by atoms with Gasteiger partial charge in [-0.25, -0.2) is 4.79 Å². The highest BCUT2D eigenvalue weighted by Gasteiger charge is 2.20. The van der Waals surface area contributed by atoms with E-state index in [4.69, 9.17) is 14.2 Å². The molecule has 124 valence electrons. The summed E-state index contributed by atoms with van der Waals surface area (Å²) >= 11 is 0. The van der Waals surface area contributed by atoms with Gasteiger partial charge in [-0.1, -0.05) is 17.7 Å². The van der Waals surface area contributed by atoms with Gasteiger partial charge in [-0.05, 0) is 26.0 Å². The van der Waals surface area contributed by atoms with Crippen LogP contribution in [-0.4, -0.2) is 64.1 Å². The number of ether oxygens (including phenoxy) is 3. The van der Waals surface area contributed by atoms with E-state index in [2.05, 4.69) is 0 Å². The lowest BCUT2D eigenvalue weighted by Gasteiger charge is -2.28. The summed E-state index contributed by atoms with van der Waals surface area (Å²) in [6, 6.07) is 7.94. The molecule has 0 saturated heterocycles. The molecule has 0 N–H and O–H groups in total. The number of nitrogens with zero attached hydrogens (tertiary/aromatic N) is 1. The zero-order valence-corrected chi connectivity index (χ0v) is 14.1. The first-order valence-electron chi connectivity index (χ1n) is 7.68. The molecule has 22 heavy (non-hydrogen) atoms. The maximum Gasteiger partial charge on any atom is 0.361 e. The third-order valence-corrected chi connectivity index (χ3v) is 3.22. The van der Waals surface area contributed by atoms with Crippen molar-refractivity contribution in [2.24, 2.45) is 0 Å². The van der Waals surface area contributed by atoms with Crippen LogP contribution in [0, 0.1) is 6.92 Å². The van der Waals surface area contributed by atoms with Crippen molar-refractivity contribution in [3.8, 4) is 5.75 Å². The van der Waals surface area contributed by atoms with Crippen LogP contribution in [0.4, 0.5) is 0 Å². The van der Waals surface area contributed by atoms with Crippen molar-refractivity contribution in [1.29, 1.82) is 0 Å². The summed E-state index contributed by atoms with van der Waals surface area (Å²) in [6.45, 7) is 7.04. The van der Waals surface area contributed by atoms with Crippen LogP contribution in [0.15, 0.2) is 24.3 Å². The number of hydrogen-bond donors (Lipinski definition) is 0. The second-order valence-corrected chi connectivity index (χ2v) is 5.90. The van der Waals surface area contributed by atoms with E-state index >= 15 is 0 Å². The lowest BCUT2D eigenvalue weighted by Crippen LogP contribution is -2.46. The SMILES string of the molecule is CCOC(=O)C[N+](C)(C)CCOCCOc1ccc(C)cc1. The van der Waals surface area contributed by atoms with Crippen molar-refractivity contribution in [1.82, 2.24) is 0 Å². The molecular formula is C17H28NO4+. The molecule has 1 aromatic rings. The van der Waals surface area contributed by atoms with E-state index < -0.39 is 0 Å². The summed E-state index contributed by atoms with van der Waals surface area (Å²) in [5.41, 5.74) is 1.21. The molecule has 0 fully saturated rings. The molecule has 0 amide bonds. The average molecular weight is 310 g/mol. The van der Waals surface area contributed by atoms with Gasteiger partial charge in [0.1, 0.15) is 18.9 Å². The molecule has 0 spiro atoms. The zero-order chi connectivity index (χ0) is 16.4. The van der Waals surface area contributed by atoms with Crippen LogP contribution >= 0.6 is 0 Å². The van der Waals surface area contributed by atoms with E-state index in [1.54, 1.807) is 0 Å². The van der Waals surface area contributed by atoms with Crippen molar-refractivity contribution >= 4 is 5.97 Å². The Kier molecular flexibility index (Phi) is 7.91. The van der Waals surface area contributed by atoms with E-state index in [1.807, 2.05) is 52.2 Å². The molecule has 0 aromatic heterocycles. The van der Waals surface area contributed by atoms with Crippen molar-refractivity contribution in [3.05, 3.63) is 29.8 Å². The van der Waals surface area contributed by atoms with Crippen LogP contribution in [0.5, 0.6) is 5.75 Å². The highest BCUT2D eigenvalue weighted by Crippen LogP contribution is 2.10. The average Bonchev–Trinajstić information content (AvgIpc) is 2.44. The standard InChI is InChI=1S/C17H28NO4/c1-5-21-17(19)14-18(3,4)10-11-20-12-13-22-16-8-6-15(2)7-9-16/h6-9H,5,10-14H2,1-4H3/q+1. The summed E-state index contributed by atoms with van der Waals surface area (Å²) in [4.78, 5) is 11.5. The van der Waals surface area contributed by atoms with Crippen LogP contribution < -0.4 is 4.74 Å². The van der Waals surface area contributed by atoms with E-state index in [9.17, 15) is 4.79 Å². The Morgan fingerprint density at radius 2 is 1.77 bits per heavy atom. The summed E-state index contributed by atoms with van der Waals surface area (Å²) in [5.74, 6) is 0.683. The molecule has 0 saturated carbocycles. The number of aryl methyl sites for hydroxylation is 1. The second-order valence-electron chi connectivity index (χ2n) is 5.90. The van der Waals surface area contributed by atoms with Crippen molar-refractivity contribution in [2.45, 2.75) is 13.8 Å². The van der Waals surface area contributed by atoms with Crippen molar-refractivity contribution < 1.29 is 23.5 Å². The van der Waals surface area contributed by atoms with Gasteiger partial charge in [-0.2, -0.15) is 0 Å². The van der Waals surface area contributed by atoms with Gasteiger partial charge in [0.2, 0.25) is 0 Å². The fraction of sp³-hybridized carbons (Fsp3) is 0.588.